The highest BCUT2D eigenvalue weighted by Gasteiger charge is 2.39. The van der Waals surface area contributed by atoms with Crippen LogP contribution in [0.5, 0.6) is 0 Å². The fourth-order valence-electron chi connectivity index (χ4n) is 4.59. The molecular weight excluding hydrogens is 208 g/mol. The molecule has 0 bridgehead atoms. The van der Waals surface area contributed by atoms with Crippen LogP contribution in [0.4, 0.5) is 0 Å². The van der Waals surface area contributed by atoms with E-state index >= 15 is 0 Å². The lowest BCUT2D eigenvalue weighted by Crippen LogP contribution is -2.39. The van der Waals surface area contributed by atoms with Crippen LogP contribution >= 0.6 is 0 Å². The maximum absolute atomic E-state index is 5.79. The quantitative estimate of drug-likeness (QED) is 0.799. The molecule has 3 fully saturated rings. The molecule has 0 radical (unpaired) electrons. The highest BCUT2D eigenvalue weighted by Crippen LogP contribution is 2.49. The molecular formula is C15H28N2. The molecule has 2 N–H and O–H groups in total. The second-order valence-electron chi connectivity index (χ2n) is 6.82. The average Bonchev–Trinajstić information content (AvgIpc) is 3.00. The van der Waals surface area contributed by atoms with Crippen LogP contribution in [-0.2, 0) is 0 Å². The van der Waals surface area contributed by atoms with Crippen LogP contribution in [0, 0.1) is 11.3 Å². The molecule has 0 aromatic carbocycles. The maximum atomic E-state index is 5.79. The van der Waals surface area contributed by atoms with Crippen LogP contribution in [0.2, 0.25) is 0 Å². The largest absolute Gasteiger partial charge is 0.330 e. The van der Waals surface area contributed by atoms with Crippen molar-refractivity contribution < 1.29 is 0 Å². The van der Waals surface area contributed by atoms with Gasteiger partial charge < -0.3 is 10.6 Å². The predicted molar refractivity (Wildman–Crippen MR) is 71.9 cm³/mol. The highest BCUT2D eigenvalue weighted by molar-refractivity contribution is 4.93. The van der Waals surface area contributed by atoms with E-state index < -0.39 is 0 Å². The first-order valence-corrected chi connectivity index (χ1v) is 7.75. The van der Waals surface area contributed by atoms with Crippen molar-refractivity contribution in [1.82, 2.24) is 4.90 Å². The van der Waals surface area contributed by atoms with E-state index in [4.69, 9.17) is 5.73 Å². The molecule has 3 aliphatic rings. The first-order valence-electron chi connectivity index (χ1n) is 7.75. The van der Waals surface area contributed by atoms with Crippen LogP contribution in [-0.4, -0.2) is 30.6 Å². The van der Waals surface area contributed by atoms with Crippen LogP contribution in [0.25, 0.3) is 0 Å². The fraction of sp³-hybridized carbons (Fsp3) is 1.00. The molecule has 1 atom stereocenters. The molecule has 98 valence electrons. The van der Waals surface area contributed by atoms with E-state index in [-0.39, 0.29) is 0 Å². The number of likely N-dealkylation sites (tertiary alicyclic amines) is 1. The third kappa shape index (κ3) is 2.39. The molecule has 2 aliphatic carbocycles. The van der Waals surface area contributed by atoms with Gasteiger partial charge in [0.25, 0.3) is 0 Å². The Bertz CT molecular complexity index is 248. The van der Waals surface area contributed by atoms with Crippen molar-refractivity contribution in [1.29, 1.82) is 0 Å². The Hall–Kier alpha value is -0.0800. The molecule has 1 aliphatic heterocycles. The summed E-state index contributed by atoms with van der Waals surface area (Å²) in [4.78, 5) is 2.75. The number of hydrogen-bond donors (Lipinski definition) is 1. The molecule has 0 aromatic heterocycles. The van der Waals surface area contributed by atoms with Gasteiger partial charge in [-0.05, 0) is 69.4 Å². The summed E-state index contributed by atoms with van der Waals surface area (Å²) in [5.74, 6) is 0.789. The normalized spacial score (nSPS) is 34.8. The van der Waals surface area contributed by atoms with Gasteiger partial charge in [0.2, 0.25) is 0 Å². The van der Waals surface area contributed by atoms with Gasteiger partial charge in [-0.2, -0.15) is 0 Å². The molecule has 1 heterocycles. The molecule has 2 heteroatoms. The molecule has 1 spiro atoms. The Kier molecular flexibility index (Phi) is 3.45. The molecule has 2 saturated carbocycles. The van der Waals surface area contributed by atoms with E-state index in [1.54, 1.807) is 0 Å². The first kappa shape index (κ1) is 12.0. The second-order valence-corrected chi connectivity index (χ2v) is 6.82. The van der Waals surface area contributed by atoms with Gasteiger partial charge >= 0.3 is 0 Å². The van der Waals surface area contributed by atoms with Crippen LogP contribution < -0.4 is 5.73 Å². The minimum Gasteiger partial charge on any atom is -0.330 e. The second kappa shape index (κ2) is 4.89. The van der Waals surface area contributed by atoms with Gasteiger partial charge in [-0.25, -0.2) is 0 Å². The van der Waals surface area contributed by atoms with Gasteiger partial charge in [0.05, 0.1) is 0 Å². The molecule has 0 amide bonds. The third-order valence-corrected chi connectivity index (χ3v) is 5.85. The average molecular weight is 236 g/mol. The molecule has 17 heavy (non-hydrogen) atoms. The number of hydrogen-bond acceptors (Lipinski definition) is 2. The zero-order valence-electron chi connectivity index (χ0n) is 11.2. The van der Waals surface area contributed by atoms with Crippen LogP contribution in [0.1, 0.15) is 57.8 Å². The SMILES string of the molecule is NCC1CCN(C2CCC3(CCCC3)CC2)C1. The van der Waals surface area contributed by atoms with E-state index in [2.05, 4.69) is 4.90 Å². The minimum absolute atomic E-state index is 0.789. The predicted octanol–water partition coefficient (Wildman–Crippen LogP) is 2.77. The summed E-state index contributed by atoms with van der Waals surface area (Å²) < 4.78 is 0. The molecule has 2 nitrogen and oxygen atoms in total. The standard InChI is InChI=1S/C15H28N2/c16-11-13-5-10-17(12-13)14-3-8-15(9-4-14)6-1-2-7-15/h13-14H,1-12,16H2. The lowest BCUT2D eigenvalue weighted by Gasteiger charge is -2.40. The summed E-state index contributed by atoms with van der Waals surface area (Å²) >= 11 is 0. The van der Waals surface area contributed by atoms with Gasteiger partial charge in [-0.1, -0.05) is 12.8 Å². The summed E-state index contributed by atoms with van der Waals surface area (Å²) in [6.45, 7) is 3.50. The highest BCUT2D eigenvalue weighted by atomic mass is 15.2. The van der Waals surface area contributed by atoms with Crippen molar-refractivity contribution in [2.45, 2.75) is 63.8 Å². The third-order valence-electron chi connectivity index (χ3n) is 5.85. The molecule has 1 saturated heterocycles. The van der Waals surface area contributed by atoms with E-state index in [1.165, 1.54) is 70.9 Å². The van der Waals surface area contributed by atoms with E-state index in [0.717, 1.165) is 23.9 Å². The summed E-state index contributed by atoms with van der Waals surface area (Å²) in [6.07, 6.45) is 13.4. The van der Waals surface area contributed by atoms with Crippen molar-refractivity contribution in [3.63, 3.8) is 0 Å². The lowest BCUT2D eigenvalue weighted by atomic mass is 9.71. The monoisotopic (exact) mass is 236 g/mol. The summed E-state index contributed by atoms with van der Waals surface area (Å²) in [7, 11) is 0. The zero-order chi connectivity index (χ0) is 11.7. The Morgan fingerprint density at radius 1 is 1.00 bits per heavy atom. The summed E-state index contributed by atoms with van der Waals surface area (Å²) in [5.41, 5.74) is 6.59. The topological polar surface area (TPSA) is 29.3 Å². The number of nitrogens with zero attached hydrogens (tertiary/aromatic N) is 1. The van der Waals surface area contributed by atoms with E-state index in [9.17, 15) is 0 Å². The van der Waals surface area contributed by atoms with Crippen molar-refractivity contribution in [2.24, 2.45) is 17.1 Å². The van der Waals surface area contributed by atoms with Crippen LogP contribution in [0.15, 0.2) is 0 Å². The summed E-state index contributed by atoms with van der Waals surface area (Å²) in [6, 6.07) is 0.901. The Balaban J connectivity index is 1.51. The van der Waals surface area contributed by atoms with Crippen molar-refractivity contribution in [3.8, 4) is 0 Å². The Morgan fingerprint density at radius 3 is 2.29 bits per heavy atom. The molecule has 0 aromatic rings. The van der Waals surface area contributed by atoms with Gasteiger partial charge in [0.1, 0.15) is 0 Å². The molecule has 1 unspecified atom stereocenters. The Morgan fingerprint density at radius 2 is 1.71 bits per heavy atom. The van der Waals surface area contributed by atoms with Gasteiger partial charge in [-0.15, -0.1) is 0 Å². The van der Waals surface area contributed by atoms with Crippen molar-refractivity contribution in [3.05, 3.63) is 0 Å². The smallest absolute Gasteiger partial charge is 0.00957 e. The first-order chi connectivity index (χ1) is 8.31. The number of rotatable bonds is 2. The van der Waals surface area contributed by atoms with Gasteiger partial charge in [0, 0.05) is 12.6 Å². The molecule has 3 rings (SSSR count). The van der Waals surface area contributed by atoms with Crippen molar-refractivity contribution in [2.75, 3.05) is 19.6 Å². The minimum atomic E-state index is 0.789. The van der Waals surface area contributed by atoms with E-state index in [1.807, 2.05) is 0 Å². The fourth-order valence-corrected chi connectivity index (χ4v) is 4.59. The Labute approximate surface area is 106 Å². The van der Waals surface area contributed by atoms with E-state index in [0.29, 0.717) is 0 Å². The summed E-state index contributed by atoms with van der Waals surface area (Å²) in [5, 5.41) is 0. The zero-order valence-corrected chi connectivity index (χ0v) is 11.2. The van der Waals surface area contributed by atoms with Crippen LogP contribution in [0.3, 0.4) is 0 Å². The van der Waals surface area contributed by atoms with Gasteiger partial charge in [0.15, 0.2) is 0 Å². The number of nitrogens with two attached hydrogens (primary N) is 1. The van der Waals surface area contributed by atoms with Gasteiger partial charge in [-0.3, -0.25) is 0 Å². The lowest BCUT2D eigenvalue weighted by molar-refractivity contribution is 0.105. The van der Waals surface area contributed by atoms with Crippen molar-refractivity contribution >= 4 is 0 Å². The maximum Gasteiger partial charge on any atom is 0.00957 e.